The Kier molecular flexibility index (Phi) is 6.59. The van der Waals surface area contributed by atoms with E-state index in [2.05, 4.69) is 30.8 Å². The van der Waals surface area contributed by atoms with Crippen molar-refractivity contribution in [2.24, 2.45) is 0 Å². The quantitative estimate of drug-likeness (QED) is 0.521. The van der Waals surface area contributed by atoms with Crippen LogP contribution in [-0.2, 0) is 6.42 Å². The summed E-state index contributed by atoms with van der Waals surface area (Å²) in [4.78, 5) is 0. The molecule has 0 aliphatic heterocycles. The first-order valence-corrected chi connectivity index (χ1v) is 6.16. The molecule has 1 aromatic rings. The second-order valence-corrected chi connectivity index (χ2v) is 4.25. The highest BCUT2D eigenvalue weighted by molar-refractivity contribution is 5.14. The summed E-state index contributed by atoms with van der Waals surface area (Å²) < 4.78 is 0. The molecule has 0 saturated heterocycles. The van der Waals surface area contributed by atoms with Crippen LogP contribution in [0.2, 0.25) is 0 Å². The number of rotatable bonds is 8. The number of hydrogen-bond acceptors (Lipinski definition) is 1. The highest BCUT2D eigenvalue weighted by Gasteiger charge is 2.03. The van der Waals surface area contributed by atoms with Gasteiger partial charge in [0.25, 0.3) is 0 Å². The zero-order chi connectivity index (χ0) is 11.6. The molecular formula is C15H22O. The summed E-state index contributed by atoms with van der Waals surface area (Å²) in [6.07, 6.45) is 7.79. The van der Waals surface area contributed by atoms with Gasteiger partial charge in [-0.1, -0.05) is 36.4 Å². The third-order valence-electron chi connectivity index (χ3n) is 2.79. The van der Waals surface area contributed by atoms with Gasteiger partial charge >= 0.3 is 0 Å². The Hall–Kier alpha value is -1.08. The summed E-state index contributed by atoms with van der Waals surface area (Å²) in [5.74, 6) is 0. The van der Waals surface area contributed by atoms with Crippen molar-refractivity contribution in [2.45, 2.75) is 44.6 Å². The number of benzene rings is 1. The van der Waals surface area contributed by atoms with Gasteiger partial charge in [0, 0.05) is 0 Å². The maximum atomic E-state index is 9.72. The molecule has 0 aliphatic rings. The van der Waals surface area contributed by atoms with E-state index in [0.717, 1.165) is 38.5 Å². The minimum atomic E-state index is -0.135. The van der Waals surface area contributed by atoms with E-state index >= 15 is 0 Å². The fraction of sp³-hybridized carbons (Fsp3) is 0.467. The van der Waals surface area contributed by atoms with Gasteiger partial charge < -0.3 is 5.11 Å². The van der Waals surface area contributed by atoms with E-state index in [1.165, 1.54) is 5.56 Å². The largest absolute Gasteiger partial charge is 0.393 e. The standard InChI is InChI=1S/C15H22O/c1-2-3-5-12-15(16)13-8-11-14-9-6-4-7-10-14/h2,4,6-7,9-10,15-16H,1,3,5,8,11-13H2. The first-order valence-electron chi connectivity index (χ1n) is 6.16. The van der Waals surface area contributed by atoms with E-state index in [-0.39, 0.29) is 6.10 Å². The van der Waals surface area contributed by atoms with Crippen molar-refractivity contribution < 1.29 is 5.11 Å². The zero-order valence-electron chi connectivity index (χ0n) is 9.94. The van der Waals surface area contributed by atoms with E-state index in [9.17, 15) is 5.11 Å². The molecule has 0 bridgehead atoms. The van der Waals surface area contributed by atoms with Crippen LogP contribution in [0, 0.1) is 0 Å². The SMILES string of the molecule is C=CCCCC(O)CCCc1ccccc1. The van der Waals surface area contributed by atoms with Crippen molar-refractivity contribution >= 4 is 0 Å². The molecule has 0 heterocycles. The fourth-order valence-corrected chi connectivity index (χ4v) is 1.83. The van der Waals surface area contributed by atoms with Gasteiger partial charge in [0.1, 0.15) is 0 Å². The average molecular weight is 218 g/mol. The first kappa shape index (κ1) is 13.0. The third kappa shape index (κ3) is 5.72. The molecular weight excluding hydrogens is 196 g/mol. The number of aliphatic hydroxyl groups is 1. The third-order valence-corrected chi connectivity index (χ3v) is 2.79. The van der Waals surface area contributed by atoms with Gasteiger partial charge in [0.05, 0.1) is 6.10 Å². The molecule has 1 atom stereocenters. The molecule has 0 saturated carbocycles. The maximum absolute atomic E-state index is 9.72. The number of aryl methyl sites for hydroxylation is 1. The van der Waals surface area contributed by atoms with Crippen molar-refractivity contribution in [3.8, 4) is 0 Å². The molecule has 0 radical (unpaired) electrons. The van der Waals surface area contributed by atoms with Crippen LogP contribution in [0.3, 0.4) is 0 Å². The van der Waals surface area contributed by atoms with Crippen LogP contribution < -0.4 is 0 Å². The zero-order valence-corrected chi connectivity index (χ0v) is 9.94. The van der Waals surface area contributed by atoms with Gasteiger partial charge in [-0.3, -0.25) is 0 Å². The van der Waals surface area contributed by atoms with Crippen LogP contribution >= 0.6 is 0 Å². The lowest BCUT2D eigenvalue weighted by atomic mass is 10.0. The van der Waals surface area contributed by atoms with Crippen molar-refractivity contribution in [3.63, 3.8) is 0 Å². The molecule has 1 aromatic carbocycles. The molecule has 0 amide bonds. The normalized spacial score (nSPS) is 12.3. The van der Waals surface area contributed by atoms with Crippen molar-refractivity contribution in [1.29, 1.82) is 0 Å². The molecule has 0 spiro atoms. The van der Waals surface area contributed by atoms with E-state index in [0.29, 0.717) is 0 Å². The molecule has 1 rings (SSSR count). The Bertz CT molecular complexity index is 279. The second kappa shape index (κ2) is 8.12. The van der Waals surface area contributed by atoms with E-state index in [4.69, 9.17) is 0 Å². The van der Waals surface area contributed by atoms with E-state index in [1.54, 1.807) is 0 Å². The summed E-state index contributed by atoms with van der Waals surface area (Å²) in [7, 11) is 0. The van der Waals surface area contributed by atoms with Crippen molar-refractivity contribution in [3.05, 3.63) is 48.6 Å². The number of aliphatic hydroxyl groups excluding tert-OH is 1. The Morgan fingerprint density at radius 3 is 2.50 bits per heavy atom. The molecule has 1 heteroatoms. The van der Waals surface area contributed by atoms with Crippen LogP contribution in [0.15, 0.2) is 43.0 Å². The second-order valence-electron chi connectivity index (χ2n) is 4.25. The molecule has 88 valence electrons. The Morgan fingerprint density at radius 2 is 1.81 bits per heavy atom. The lowest BCUT2D eigenvalue weighted by Gasteiger charge is -2.09. The molecule has 0 aliphatic carbocycles. The predicted molar refractivity (Wildman–Crippen MR) is 69.4 cm³/mol. The maximum Gasteiger partial charge on any atom is 0.0540 e. The minimum absolute atomic E-state index is 0.135. The highest BCUT2D eigenvalue weighted by Crippen LogP contribution is 2.10. The van der Waals surface area contributed by atoms with E-state index in [1.807, 2.05) is 12.1 Å². The monoisotopic (exact) mass is 218 g/mol. The average Bonchev–Trinajstić information content (AvgIpc) is 2.31. The molecule has 1 nitrogen and oxygen atoms in total. The van der Waals surface area contributed by atoms with Gasteiger partial charge in [0.15, 0.2) is 0 Å². The highest BCUT2D eigenvalue weighted by atomic mass is 16.3. The van der Waals surface area contributed by atoms with Gasteiger partial charge in [-0.25, -0.2) is 0 Å². The lowest BCUT2D eigenvalue weighted by Crippen LogP contribution is -2.06. The predicted octanol–water partition coefficient (Wildman–Crippen LogP) is 3.73. The van der Waals surface area contributed by atoms with Crippen molar-refractivity contribution in [2.75, 3.05) is 0 Å². The van der Waals surface area contributed by atoms with Crippen LogP contribution in [-0.4, -0.2) is 11.2 Å². The summed E-state index contributed by atoms with van der Waals surface area (Å²) in [5, 5.41) is 9.72. The van der Waals surface area contributed by atoms with Crippen LogP contribution in [0.25, 0.3) is 0 Å². The van der Waals surface area contributed by atoms with Gasteiger partial charge in [-0.05, 0) is 44.1 Å². The van der Waals surface area contributed by atoms with Gasteiger partial charge in [0.2, 0.25) is 0 Å². The minimum Gasteiger partial charge on any atom is -0.393 e. The molecule has 1 unspecified atom stereocenters. The van der Waals surface area contributed by atoms with E-state index < -0.39 is 0 Å². The van der Waals surface area contributed by atoms with Crippen LogP contribution in [0.4, 0.5) is 0 Å². The molecule has 0 aromatic heterocycles. The fourth-order valence-electron chi connectivity index (χ4n) is 1.83. The van der Waals surface area contributed by atoms with Crippen LogP contribution in [0.5, 0.6) is 0 Å². The lowest BCUT2D eigenvalue weighted by molar-refractivity contribution is 0.150. The topological polar surface area (TPSA) is 20.2 Å². The van der Waals surface area contributed by atoms with Crippen molar-refractivity contribution in [1.82, 2.24) is 0 Å². The summed E-state index contributed by atoms with van der Waals surface area (Å²) >= 11 is 0. The van der Waals surface area contributed by atoms with Gasteiger partial charge in [-0.15, -0.1) is 6.58 Å². The Labute approximate surface area is 98.8 Å². The molecule has 0 fully saturated rings. The van der Waals surface area contributed by atoms with Gasteiger partial charge in [-0.2, -0.15) is 0 Å². The number of unbranched alkanes of at least 4 members (excludes halogenated alkanes) is 1. The smallest absolute Gasteiger partial charge is 0.0540 e. The summed E-state index contributed by atoms with van der Waals surface area (Å²) in [6.45, 7) is 3.68. The summed E-state index contributed by atoms with van der Waals surface area (Å²) in [6, 6.07) is 10.5. The summed E-state index contributed by atoms with van der Waals surface area (Å²) in [5.41, 5.74) is 1.36. The van der Waals surface area contributed by atoms with Crippen LogP contribution in [0.1, 0.15) is 37.7 Å². The number of allylic oxidation sites excluding steroid dienone is 1. The number of hydrogen-bond donors (Lipinski definition) is 1. The Balaban J connectivity index is 2.08. The molecule has 16 heavy (non-hydrogen) atoms. The Morgan fingerprint density at radius 1 is 1.12 bits per heavy atom. The molecule has 1 N–H and O–H groups in total. The first-order chi connectivity index (χ1) is 7.83.